The van der Waals surface area contributed by atoms with Gasteiger partial charge in [-0.1, -0.05) is 28.1 Å². The van der Waals surface area contributed by atoms with Gasteiger partial charge in [0.25, 0.3) is 5.91 Å². The molecule has 0 atom stereocenters. The van der Waals surface area contributed by atoms with Crippen LogP contribution in [0.2, 0.25) is 0 Å². The van der Waals surface area contributed by atoms with Gasteiger partial charge in [-0.15, -0.1) is 0 Å². The first-order chi connectivity index (χ1) is 9.60. The first-order valence-electron chi connectivity index (χ1n) is 6.01. The monoisotopic (exact) mass is 447 g/mol. The summed E-state index contributed by atoms with van der Waals surface area (Å²) in [4.78, 5) is 12.1. The number of carbonyl (C=O) groups excluding carboxylic acids is 1. The van der Waals surface area contributed by atoms with Gasteiger partial charge in [-0.05, 0) is 64.9 Å². The molecule has 0 bridgehead atoms. The zero-order chi connectivity index (χ0) is 14.5. The molecule has 20 heavy (non-hydrogen) atoms. The molecule has 0 aliphatic rings. The molecule has 1 amide bonds. The predicted octanol–water partition coefficient (Wildman–Crippen LogP) is 4.62. The smallest absolute Gasteiger partial charge is 0.256 e. The molecule has 0 saturated heterocycles. The highest BCUT2D eigenvalue weighted by Gasteiger charge is 2.10. The number of aryl methyl sites for hydroxylation is 1. The summed E-state index contributed by atoms with van der Waals surface area (Å²) in [5, 5.41) is 3.72. The molecule has 0 saturated carbocycles. The quantitative estimate of drug-likeness (QED) is 0.537. The Morgan fingerprint density at radius 3 is 2.50 bits per heavy atom. The maximum Gasteiger partial charge on any atom is 0.256 e. The minimum atomic E-state index is -0.343. The van der Waals surface area contributed by atoms with Crippen LogP contribution < -0.4 is 5.32 Å². The largest absolute Gasteiger partial charge is 0.322 e. The van der Waals surface area contributed by atoms with Gasteiger partial charge in [-0.2, -0.15) is 0 Å². The van der Waals surface area contributed by atoms with Gasteiger partial charge in [-0.25, -0.2) is 4.39 Å². The van der Waals surface area contributed by atoms with E-state index in [9.17, 15) is 9.18 Å². The van der Waals surface area contributed by atoms with E-state index >= 15 is 0 Å². The molecule has 0 unspecified atom stereocenters. The van der Waals surface area contributed by atoms with Crippen LogP contribution in [-0.4, -0.2) is 11.2 Å². The van der Waals surface area contributed by atoms with E-state index in [0.29, 0.717) is 9.13 Å². The van der Waals surface area contributed by atoms with Crippen molar-refractivity contribution in [3.63, 3.8) is 0 Å². The number of carbonyl (C=O) groups is 1. The van der Waals surface area contributed by atoms with Gasteiger partial charge < -0.3 is 5.32 Å². The van der Waals surface area contributed by atoms with E-state index in [2.05, 4.69) is 21.2 Å². The second-order valence-corrected chi connectivity index (χ2v) is 6.17. The van der Waals surface area contributed by atoms with Crippen molar-refractivity contribution in [2.75, 3.05) is 10.6 Å². The lowest BCUT2D eigenvalue weighted by Crippen LogP contribution is -2.13. The van der Waals surface area contributed by atoms with Crippen LogP contribution in [-0.2, 0) is 6.42 Å². The highest BCUT2D eigenvalue weighted by molar-refractivity contribution is 14.1. The molecular formula is C15H12BrFINO. The van der Waals surface area contributed by atoms with E-state index in [-0.39, 0.29) is 11.7 Å². The van der Waals surface area contributed by atoms with Crippen molar-refractivity contribution >= 4 is 50.1 Å². The van der Waals surface area contributed by atoms with E-state index < -0.39 is 0 Å². The van der Waals surface area contributed by atoms with Crippen molar-refractivity contribution in [3.05, 3.63) is 63.0 Å². The Labute approximate surface area is 139 Å². The maximum absolute atomic E-state index is 13.0. The Morgan fingerprint density at radius 2 is 1.90 bits per heavy atom. The zero-order valence-corrected chi connectivity index (χ0v) is 14.2. The average molecular weight is 448 g/mol. The molecule has 5 heteroatoms. The Morgan fingerprint density at radius 1 is 1.20 bits per heavy atom. The predicted molar refractivity (Wildman–Crippen MR) is 91.0 cm³/mol. The summed E-state index contributed by atoms with van der Waals surface area (Å²) < 4.78 is 13.6. The third-order valence-corrected chi connectivity index (χ3v) is 4.06. The van der Waals surface area contributed by atoms with Gasteiger partial charge in [0.2, 0.25) is 0 Å². The molecule has 0 aliphatic carbocycles. The average Bonchev–Trinajstić information content (AvgIpc) is 2.41. The minimum absolute atomic E-state index is 0.234. The maximum atomic E-state index is 13.0. The van der Waals surface area contributed by atoms with E-state index in [4.69, 9.17) is 0 Å². The number of halogens is 3. The fourth-order valence-corrected chi connectivity index (χ4v) is 2.92. The summed E-state index contributed by atoms with van der Waals surface area (Å²) in [7, 11) is 0. The molecule has 2 nitrogen and oxygen atoms in total. The van der Waals surface area contributed by atoms with E-state index in [1.54, 1.807) is 0 Å². The SMILES string of the molecule is O=C(Nc1ccc(CCBr)cc1)c1ccc(F)cc1I. The van der Waals surface area contributed by atoms with Gasteiger partial charge in [0.1, 0.15) is 5.82 Å². The lowest BCUT2D eigenvalue weighted by molar-refractivity contribution is 0.102. The molecule has 1 N–H and O–H groups in total. The van der Waals surface area contributed by atoms with Crippen LogP contribution in [0.15, 0.2) is 42.5 Å². The number of nitrogens with one attached hydrogen (secondary N) is 1. The molecule has 104 valence electrons. The van der Waals surface area contributed by atoms with Crippen molar-refractivity contribution in [1.82, 2.24) is 0 Å². The lowest BCUT2D eigenvalue weighted by Gasteiger charge is -2.08. The fraction of sp³-hybridized carbons (Fsp3) is 0.133. The number of anilines is 1. The molecule has 2 aromatic rings. The molecule has 0 aliphatic heterocycles. The van der Waals surface area contributed by atoms with Crippen LogP contribution in [0.4, 0.5) is 10.1 Å². The normalized spacial score (nSPS) is 10.3. The number of amides is 1. The molecule has 0 aromatic heterocycles. The van der Waals surface area contributed by atoms with Crippen LogP contribution in [0.1, 0.15) is 15.9 Å². The Bertz CT molecular complexity index is 616. The van der Waals surface area contributed by atoms with Gasteiger partial charge in [0, 0.05) is 14.6 Å². The van der Waals surface area contributed by atoms with Gasteiger partial charge in [0.05, 0.1) is 5.56 Å². The summed E-state index contributed by atoms with van der Waals surface area (Å²) in [6.45, 7) is 0. The highest BCUT2D eigenvalue weighted by Crippen LogP contribution is 2.17. The molecule has 0 radical (unpaired) electrons. The topological polar surface area (TPSA) is 29.1 Å². The van der Waals surface area contributed by atoms with Gasteiger partial charge in [0.15, 0.2) is 0 Å². The molecular weight excluding hydrogens is 436 g/mol. The summed E-state index contributed by atoms with van der Waals surface area (Å²) in [5.41, 5.74) is 2.40. The van der Waals surface area contributed by atoms with Crippen molar-refractivity contribution in [2.24, 2.45) is 0 Å². The fourth-order valence-electron chi connectivity index (χ4n) is 1.74. The van der Waals surface area contributed by atoms with E-state index in [1.807, 2.05) is 46.9 Å². The summed E-state index contributed by atoms with van der Waals surface area (Å²) in [5.74, 6) is -0.576. The van der Waals surface area contributed by atoms with Gasteiger partial charge in [-0.3, -0.25) is 4.79 Å². The Kier molecular flexibility index (Phi) is 5.54. The molecule has 2 aromatic carbocycles. The summed E-state index contributed by atoms with van der Waals surface area (Å²) >= 11 is 5.34. The first kappa shape index (κ1) is 15.4. The van der Waals surface area contributed by atoms with Crippen LogP contribution in [0.3, 0.4) is 0 Å². The molecule has 0 heterocycles. The number of benzene rings is 2. The summed E-state index contributed by atoms with van der Waals surface area (Å²) in [6.07, 6.45) is 0.948. The number of hydrogen-bond donors (Lipinski definition) is 1. The zero-order valence-electron chi connectivity index (χ0n) is 10.5. The van der Waals surface area contributed by atoms with Crippen molar-refractivity contribution in [3.8, 4) is 0 Å². The third-order valence-electron chi connectivity index (χ3n) is 2.77. The Balaban J connectivity index is 2.11. The first-order valence-corrected chi connectivity index (χ1v) is 8.21. The van der Waals surface area contributed by atoms with E-state index in [0.717, 1.165) is 17.4 Å². The highest BCUT2D eigenvalue weighted by atomic mass is 127. The van der Waals surface area contributed by atoms with Crippen LogP contribution in [0.5, 0.6) is 0 Å². The molecule has 0 spiro atoms. The minimum Gasteiger partial charge on any atom is -0.322 e. The number of hydrogen-bond acceptors (Lipinski definition) is 1. The van der Waals surface area contributed by atoms with E-state index in [1.165, 1.54) is 23.8 Å². The number of rotatable bonds is 4. The standard InChI is InChI=1S/C15H12BrFINO/c16-8-7-10-1-4-12(5-2-10)19-15(20)13-6-3-11(17)9-14(13)18/h1-6,9H,7-8H2,(H,19,20). The molecule has 2 rings (SSSR count). The van der Waals surface area contributed by atoms with Crippen molar-refractivity contribution in [1.29, 1.82) is 0 Å². The van der Waals surface area contributed by atoms with Crippen LogP contribution in [0.25, 0.3) is 0 Å². The molecule has 0 fully saturated rings. The van der Waals surface area contributed by atoms with Crippen LogP contribution >= 0.6 is 38.5 Å². The third kappa shape index (κ3) is 4.02. The lowest BCUT2D eigenvalue weighted by atomic mass is 10.1. The number of alkyl halides is 1. The summed E-state index contributed by atoms with van der Waals surface area (Å²) in [6, 6.07) is 11.8. The van der Waals surface area contributed by atoms with Gasteiger partial charge >= 0.3 is 0 Å². The van der Waals surface area contributed by atoms with Crippen molar-refractivity contribution < 1.29 is 9.18 Å². The van der Waals surface area contributed by atoms with Crippen LogP contribution in [0, 0.1) is 9.39 Å². The Hall–Kier alpha value is -0.950. The van der Waals surface area contributed by atoms with Crippen molar-refractivity contribution in [2.45, 2.75) is 6.42 Å². The second kappa shape index (κ2) is 7.17. The second-order valence-electron chi connectivity index (χ2n) is 4.21.